The number of pyridine rings is 1. The summed E-state index contributed by atoms with van der Waals surface area (Å²) in [6.07, 6.45) is 3.16. The smallest absolute Gasteiger partial charge is 0.257 e. The predicted octanol–water partition coefficient (Wildman–Crippen LogP) is 4.76. The van der Waals surface area contributed by atoms with Crippen LogP contribution in [0.25, 0.3) is 22.6 Å². The van der Waals surface area contributed by atoms with Gasteiger partial charge in [-0.15, -0.1) is 0 Å². The highest BCUT2D eigenvalue weighted by atomic mass is 16.3. The standard InChI is InChI=1S/C21H17N3O2/c1-13-8-14(2)10-16(9-13)21-24-18-11-17(5-6-19(18)26-21)23-20(25)15-4-3-7-22-12-15/h3-12H,1-2H3,(H,23,25). The first-order valence-corrected chi connectivity index (χ1v) is 8.29. The fourth-order valence-corrected chi connectivity index (χ4v) is 2.93. The SMILES string of the molecule is Cc1cc(C)cc(-c2nc3cc(NC(=O)c4cccnc4)ccc3o2)c1. The highest BCUT2D eigenvalue weighted by Crippen LogP contribution is 2.27. The van der Waals surface area contributed by atoms with Crippen molar-refractivity contribution in [1.29, 1.82) is 0 Å². The minimum Gasteiger partial charge on any atom is -0.436 e. The molecule has 5 nitrogen and oxygen atoms in total. The largest absolute Gasteiger partial charge is 0.436 e. The number of hydrogen-bond acceptors (Lipinski definition) is 4. The van der Waals surface area contributed by atoms with E-state index in [-0.39, 0.29) is 5.91 Å². The van der Waals surface area contributed by atoms with Crippen LogP contribution in [0.15, 0.2) is 65.3 Å². The van der Waals surface area contributed by atoms with Crippen molar-refractivity contribution in [1.82, 2.24) is 9.97 Å². The Bertz CT molecular complexity index is 1080. The molecule has 4 rings (SSSR count). The fraction of sp³-hybridized carbons (Fsp3) is 0.0952. The van der Waals surface area contributed by atoms with Crippen molar-refractivity contribution in [3.8, 4) is 11.5 Å². The first-order valence-electron chi connectivity index (χ1n) is 8.29. The molecule has 5 heteroatoms. The van der Waals surface area contributed by atoms with Gasteiger partial charge in [-0.25, -0.2) is 4.98 Å². The number of carbonyl (C=O) groups is 1. The number of anilines is 1. The van der Waals surface area contributed by atoms with Gasteiger partial charge in [0.15, 0.2) is 5.58 Å². The van der Waals surface area contributed by atoms with E-state index in [1.807, 2.05) is 32.0 Å². The molecule has 0 aliphatic heterocycles. The molecule has 4 aromatic rings. The summed E-state index contributed by atoms with van der Waals surface area (Å²) in [5, 5.41) is 2.86. The number of aryl methyl sites for hydroxylation is 2. The van der Waals surface area contributed by atoms with Crippen LogP contribution >= 0.6 is 0 Å². The summed E-state index contributed by atoms with van der Waals surface area (Å²) < 4.78 is 5.87. The molecule has 1 N–H and O–H groups in total. The van der Waals surface area contributed by atoms with Gasteiger partial charge in [0.05, 0.1) is 5.56 Å². The van der Waals surface area contributed by atoms with Crippen molar-refractivity contribution in [2.75, 3.05) is 5.32 Å². The molecule has 0 unspecified atom stereocenters. The van der Waals surface area contributed by atoms with Crippen molar-refractivity contribution in [2.24, 2.45) is 0 Å². The van der Waals surface area contributed by atoms with Crippen LogP contribution in [0.2, 0.25) is 0 Å². The molecular weight excluding hydrogens is 326 g/mol. The molecule has 2 aromatic heterocycles. The second kappa shape index (κ2) is 6.44. The van der Waals surface area contributed by atoms with Gasteiger partial charge in [0.2, 0.25) is 5.89 Å². The Labute approximate surface area is 150 Å². The van der Waals surface area contributed by atoms with Crippen molar-refractivity contribution in [2.45, 2.75) is 13.8 Å². The summed E-state index contributed by atoms with van der Waals surface area (Å²) in [5.41, 5.74) is 5.80. The van der Waals surface area contributed by atoms with E-state index in [2.05, 4.69) is 21.4 Å². The molecule has 0 saturated heterocycles. The average Bonchev–Trinajstić information content (AvgIpc) is 3.05. The second-order valence-corrected chi connectivity index (χ2v) is 6.27. The second-order valence-electron chi connectivity index (χ2n) is 6.27. The number of carbonyl (C=O) groups excluding carboxylic acids is 1. The Hall–Kier alpha value is -3.47. The molecule has 0 saturated carbocycles. The van der Waals surface area contributed by atoms with Crippen molar-refractivity contribution in [3.63, 3.8) is 0 Å². The Morgan fingerprint density at radius 1 is 1.04 bits per heavy atom. The maximum atomic E-state index is 12.3. The maximum Gasteiger partial charge on any atom is 0.257 e. The van der Waals surface area contributed by atoms with Crippen LogP contribution in [0, 0.1) is 13.8 Å². The Morgan fingerprint density at radius 2 is 1.85 bits per heavy atom. The quantitative estimate of drug-likeness (QED) is 0.582. The molecule has 0 aliphatic carbocycles. The summed E-state index contributed by atoms with van der Waals surface area (Å²) in [7, 11) is 0. The molecule has 0 atom stereocenters. The Morgan fingerprint density at radius 3 is 2.58 bits per heavy atom. The zero-order valence-electron chi connectivity index (χ0n) is 14.5. The Kier molecular flexibility index (Phi) is 3.97. The van der Waals surface area contributed by atoms with E-state index in [0.29, 0.717) is 28.2 Å². The molecule has 2 aromatic carbocycles. The minimum atomic E-state index is -0.213. The molecular formula is C21H17N3O2. The van der Waals surface area contributed by atoms with Crippen molar-refractivity contribution in [3.05, 3.63) is 77.6 Å². The topological polar surface area (TPSA) is 68.0 Å². The molecule has 1 amide bonds. The van der Waals surface area contributed by atoms with Gasteiger partial charge in [0.25, 0.3) is 5.91 Å². The molecule has 0 spiro atoms. The number of nitrogens with one attached hydrogen (secondary N) is 1. The van der Waals surface area contributed by atoms with Gasteiger partial charge in [0.1, 0.15) is 5.52 Å². The monoisotopic (exact) mass is 343 g/mol. The first kappa shape index (κ1) is 16.0. The number of hydrogen-bond donors (Lipinski definition) is 1. The lowest BCUT2D eigenvalue weighted by molar-refractivity contribution is 0.102. The van der Waals surface area contributed by atoms with Crippen LogP contribution in [0.4, 0.5) is 5.69 Å². The average molecular weight is 343 g/mol. The molecule has 26 heavy (non-hydrogen) atoms. The zero-order chi connectivity index (χ0) is 18.1. The van der Waals surface area contributed by atoms with Crippen LogP contribution < -0.4 is 5.32 Å². The number of rotatable bonds is 3. The van der Waals surface area contributed by atoms with Gasteiger partial charge in [0, 0.05) is 23.6 Å². The van der Waals surface area contributed by atoms with E-state index < -0.39 is 0 Å². The molecule has 128 valence electrons. The maximum absolute atomic E-state index is 12.3. The van der Waals surface area contributed by atoms with Crippen LogP contribution in [-0.2, 0) is 0 Å². The molecule has 0 aliphatic rings. The summed E-state index contributed by atoms with van der Waals surface area (Å²) >= 11 is 0. The first-order chi connectivity index (χ1) is 12.6. The van der Waals surface area contributed by atoms with Gasteiger partial charge >= 0.3 is 0 Å². The van der Waals surface area contributed by atoms with Crippen molar-refractivity contribution < 1.29 is 9.21 Å². The van der Waals surface area contributed by atoms with E-state index in [1.165, 1.54) is 6.20 Å². The molecule has 0 fully saturated rings. The third kappa shape index (κ3) is 3.19. The van der Waals surface area contributed by atoms with E-state index in [0.717, 1.165) is 16.7 Å². The van der Waals surface area contributed by atoms with Crippen molar-refractivity contribution >= 4 is 22.7 Å². The summed E-state index contributed by atoms with van der Waals surface area (Å²) in [4.78, 5) is 20.8. The minimum absolute atomic E-state index is 0.213. The molecule has 0 bridgehead atoms. The zero-order valence-corrected chi connectivity index (χ0v) is 14.5. The highest BCUT2D eigenvalue weighted by Gasteiger charge is 2.11. The van der Waals surface area contributed by atoms with Gasteiger partial charge in [-0.3, -0.25) is 9.78 Å². The van der Waals surface area contributed by atoms with Gasteiger partial charge in [-0.05, 0) is 56.3 Å². The van der Waals surface area contributed by atoms with E-state index in [4.69, 9.17) is 4.42 Å². The van der Waals surface area contributed by atoms with Gasteiger partial charge in [-0.1, -0.05) is 17.2 Å². The lowest BCUT2D eigenvalue weighted by Crippen LogP contribution is -2.11. The summed E-state index contributed by atoms with van der Waals surface area (Å²) in [6.45, 7) is 4.09. The van der Waals surface area contributed by atoms with Crippen LogP contribution in [-0.4, -0.2) is 15.9 Å². The van der Waals surface area contributed by atoms with Crippen LogP contribution in [0.1, 0.15) is 21.5 Å². The number of nitrogens with zero attached hydrogens (tertiary/aromatic N) is 2. The fourth-order valence-electron chi connectivity index (χ4n) is 2.93. The highest BCUT2D eigenvalue weighted by molar-refractivity contribution is 6.04. The van der Waals surface area contributed by atoms with Crippen LogP contribution in [0.3, 0.4) is 0 Å². The van der Waals surface area contributed by atoms with E-state index in [9.17, 15) is 4.79 Å². The number of aromatic nitrogens is 2. The third-order valence-corrected chi connectivity index (χ3v) is 4.04. The Balaban J connectivity index is 1.64. The van der Waals surface area contributed by atoms with Crippen LogP contribution in [0.5, 0.6) is 0 Å². The lowest BCUT2D eigenvalue weighted by atomic mass is 10.1. The third-order valence-electron chi connectivity index (χ3n) is 4.04. The number of benzene rings is 2. The lowest BCUT2D eigenvalue weighted by Gasteiger charge is -2.04. The predicted molar refractivity (Wildman–Crippen MR) is 101 cm³/mol. The van der Waals surface area contributed by atoms with Gasteiger partial charge in [-0.2, -0.15) is 0 Å². The normalized spacial score (nSPS) is 10.8. The number of amides is 1. The van der Waals surface area contributed by atoms with E-state index in [1.54, 1.807) is 30.5 Å². The molecule has 0 radical (unpaired) electrons. The molecule has 2 heterocycles. The number of oxazole rings is 1. The number of fused-ring (bicyclic) bond motifs is 1. The summed E-state index contributed by atoms with van der Waals surface area (Å²) in [6, 6.07) is 15.1. The summed E-state index contributed by atoms with van der Waals surface area (Å²) in [5.74, 6) is 0.359. The van der Waals surface area contributed by atoms with Gasteiger partial charge < -0.3 is 9.73 Å². The van der Waals surface area contributed by atoms with E-state index >= 15 is 0 Å².